The molecule has 1 unspecified atom stereocenters. The molecular weight excluding hydrogens is 254 g/mol. The Morgan fingerprint density at radius 2 is 2.28 bits per heavy atom. The highest BCUT2D eigenvalue weighted by Crippen LogP contribution is 2.35. The maximum Gasteiger partial charge on any atom is 0.337 e. The summed E-state index contributed by atoms with van der Waals surface area (Å²) in [7, 11) is 1.45. The zero-order valence-electron chi connectivity index (χ0n) is 9.79. The van der Waals surface area contributed by atoms with Crippen molar-refractivity contribution in [2.45, 2.75) is 11.7 Å². The minimum Gasteiger partial charge on any atom is -0.495 e. The summed E-state index contributed by atoms with van der Waals surface area (Å²) < 4.78 is 5.15. The number of rotatable bonds is 3. The van der Waals surface area contributed by atoms with Crippen LogP contribution < -0.4 is 9.64 Å². The van der Waals surface area contributed by atoms with Crippen molar-refractivity contribution >= 4 is 30.2 Å². The molecule has 2 rings (SSSR count). The molecule has 1 aliphatic heterocycles. The van der Waals surface area contributed by atoms with Crippen molar-refractivity contribution in [1.82, 2.24) is 0 Å². The standard InChI is InChI=1S/C12H13NO4S/c1-17-9-4-2-3-8(12(15)16)11(9)13-6-7(18)5-10(13)14/h2-4,7,18H,5-6H2,1H3,(H,15,16). The Balaban J connectivity index is 2.54. The third-order valence-electron chi connectivity index (χ3n) is 2.82. The molecular formula is C12H13NO4S. The second-order valence-electron chi connectivity index (χ2n) is 4.02. The highest BCUT2D eigenvalue weighted by Gasteiger charge is 2.32. The van der Waals surface area contributed by atoms with Crippen molar-refractivity contribution in [3.05, 3.63) is 23.8 Å². The summed E-state index contributed by atoms with van der Waals surface area (Å²) in [5, 5.41) is 9.11. The normalized spacial score (nSPS) is 19.1. The van der Waals surface area contributed by atoms with E-state index in [0.717, 1.165) is 0 Å². The number of nitrogens with zero attached hydrogens (tertiary/aromatic N) is 1. The third kappa shape index (κ3) is 2.15. The summed E-state index contributed by atoms with van der Waals surface area (Å²) in [6, 6.07) is 4.69. The zero-order valence-corrected chi connectivity index (χ0v) is 10.7. The molecule has 96 valence electrons. The van der Waals surface area contributed by atoms with E-state index in [4.69, 9.17) is 4.74 Å². The number of amides is 1. The number of aromatic carboxylic acids is 1. The maximum atomic E-state index is 11.9. The number of thiol groups is 1. The molecule has 1 N–H and O–H groups in total. The predicted octanol–water partition coefficient (Wildman–Crippen LogP) is 1.43. The Labute approximate surface area is 110 Å². The van der Waals surface area contributed by atoms with Gasteiger partial charge in [0.2, 0.25) is 5.91 Å². The van der Waals surface area contributed by atoms with Gasteiger partial charge in [-0.15, -0.1) is 0 Å². The number of ether oxygens (including phenoxy) is 1. The molecule has 1 fully saturated rings. The number of carboxylic acid groups (broad SMARTS) is 1. The molecule has 6 heteroatoms. The van der Waals surface area contributed by atoms with Crippen molar-refractivity contribution in [3.63, 3.8) is 0 Å². The molecule has 0 radical (unpaired) electrons. The second-order valence-corrected chi connectivity index (χ2v) is 4.75. The summed E-state index contributed by atoms with van der Waals surface area (Å²) in [5.74, 6) is -0.841. The van der Waals surface area contributed by atoms with Gasteiger partial charge in [0.15, 0.2) is 0 Å². The highest BCUT2D eigenvalue weighted by molar-refractivity contribution is 7.81. The van der Waals surface area contributed by atoms with Gasteiger partial charge in [-0.05, 0) is 12.1 Å². The van der Waals surface area contributed by atoms with Crippen LogP contribution in [-0.2, 0) is 4.79 Å². The van der Waals surface area contributed by atoms with Crippen molar-refractivity contribution in [2.24, 2.45) is 0 Å². The van der Waals surface area contributed by atoms with Crippen LogP contribution in [0.1, 0.15) is 16.8 Å². The SMILES string of the molecule is COc1cccc(C(=O)O)c1N1CC(S)CC1=O. The van der Waals surface area contributed by atoms with Gasteiger partial charge < -0.3 is 14.7 Å². The van der Waals surface area contributed by atoms with Gasteiger partial charge in [-0.2, -0.15) is 12.6 Å². The Kier molecular flexibility index (Phi) is 3.47. The van der Waals surface area contributed by atoms with Gasteiger partial charge in [0.25, 0.3) is 0 Å². The van der Waals surface area contributed by atoms with E-state index in [1.54, 1.807) is 12.1 Å². The van der Waals surface area contributed by atoms with Crippen LogP contribution in [0.2, 0.25) is 0 Å². The first-order valence-corrected chi connectivity index (χ1v) is 5.95. The van der Waals surface area contributed by atoms with Gasteiger partial charge in [0, 0.05) is 18.2 Å². The van der Waals surface area contributed by atoms with Crippen LogP contribution in [0.3, 0.4) is 0 Å². The lowest BCUT2D eigenvalue weighted by molar-refractivity contribution is -0.117. The average Bonchev–Trinajstić information content (AvgIpc) is 2.67. The van der Waals surface area contributed by atoms with Crippen LogP contribution in [0.5, 0.6) is 5.75 Å². The Hall–Kier alpha value is -1.69. The number of hydrogen-bond acceptors (Lipinski definition) is 4. The van der Waals surface area contributed by atoms with Crippen LogP contribution in [0.4, 0.5) is 5.69 Å². The molecule has 1 amide bonds. The second kappa shape index (κ2) is 4.89. The molecule has 1 saturated heterocycles. The molecule has 0 saturated carbocycles. The van der Waals surface area contributed by atoms with E-state index < -0.39 is 5.97 Å². The van der Waals surface area contributed by atoms with Gasteiger partial charge in [-0.1, -0.05) is 6.07 Å². The van der Waals surface area contributed by atoms with Crippen molar-refractivity contribution in [1.29, 1.82) is 0 Å². The quantitative estimate of drug-likeness (QED) is 0.813. The number of anilines is 1. The lowest BCUT2D eigenvalue weighted by Crippen LogP contribution is -2.27. The molecule has 1 aromatic carbocycles. The lowest BCUT2D eigenvalue weighted by Gasteiger charge is -2.21. The Bertz CT molecular complexity index is 503. The van der Waals surface area contributed by atoms with E-state index in [1.165, 1.54) is 18.1 Å². The molecule has 0 spiro atoms. The van der Waals surface area contributed by atoms with E-state index >= 15 is 0 Å². The van der Waals surface area contributed by atoms with E-state index in [1.807, 2.05) is 0 Å². The monoisotopic (exact) mass is 267 g/mol. The first-order valence-electron chi connectivity index (χ1n) is 5.43. The number of para-hydroxylation sites is 1. The fourth-order valence-corrected chi connectivity index (χ4v) is 2.36. The van der Waals surface area contributed by atoms with E-state index in [-0.39, 0.29) is 16.7 Å². The molecule has 0 aliphatic carbocycles. The number of benzene rings is 1. The molecule has 18 heavy (non-hydrogen) atoms. The fourth-order valence-electron chi connectivity index (χ4n) is 2.04. The van der Waals surface area contributed by atoms with E-state index in [0.29, 0.717) is 24.4 Å². The molecule has 0 aromatic heterocycles. The molecule has 1 atom stereocenters. The molecule has 1 heterocycles. The molecule has 1 aliphatic rings. The predicted molar refractivity (Wildman–Crippen MR) is 69.7 cm³/mol. The number of carbonyl (C=O) groups excluding carboxylic acids is 1. The van der Waals surface area contributed by atoms with Gasteiger partial charge in [-0.25, -0.2) is 4.79 Å². The average molecular weight is 267 g/mol. The third-order valence-corrected chi connectivity index (χ3v) is 3.17. The summed E-state index contributed by atoms with van der Waals surface area (Å²) >= 11 is 4.26. The zero-order chi connectivity index (χ0) is 13.3. The largest absolute Gasteiger partial charge is 0.495 e. The highest BCUT2D eigenvalue weighted by atomic mass is 32.1. The Morgan fingerprint density at radius 3 is 2.78 bits per heavy atom. The van der Waals surface area contributed by atoms with E-state index in [2.05, 4.69) is 12.6 Å². The smallest absolute Gasteiger partial charge is 0.337 e. The number of carbonyl (C=O) groups is 2. The molecule has 1 aromatic rings. The minimum absolute atomic E-state index is 0.0603. The lowest BCUT2D eigenvalue weighted by atomic mass is 10.1. The number of hydrogen-bond donors (Lipinski definition) is 2. The topological polar surface area (TPSA) is 66.8 Å². The van der Waals surface area contributed by atoms with Gasteiger partial charge in [0.05, 0.1) is 12.7 Å². The van der Waals surface area contributed by atoms with Gasteiger partial charge in [-0.3, -0.25) is 4.79 Å². The van der Waals surface area contributed by atoms with E-state index in [9.17, 15) is 14.7 Å². The summed E-state index contributed by atoms with van der Waals surface area (Å²) in [5.41, 5.74) is 0.374. The van der Waals surface area contributed by atoms with Crippen LogP contribution in [0.15, 0.2) is 18.2 Å². The fraction of sp³-hybridized carbons (Fsp3) is 0.333. The van der Waals surface area contributed by atoms with Crippen LogP contribution >= 0.6 is 12.6 Å². The van der Waals surface area contributed by atoms with Crippen molar-refractivity contribution < 1.29 is 19.4 Å². The van der Waals surface area contributed by atoms with Crippen LogP contribution in [0, 0.1) is 0 Å². The van der Waals surface area contributed by atoms with Gasteiger partial charge >= 0.3 is 5.97 Å². The van der Waals surface area contributed by atoms with Crippen molar-refractivity contribution in [3.8, 4) is 5.75 Å². The number of methoxy groups -OCH3 is 1. The number of carboxylic acids is 1. The van der Waals surface area contributed by atoms with Crippen molar-refractivity contribution in [2.75, 3.05) is 18.6 Å². The summed E-state index contributed by atoms with van der Waals surface area (Å²) in [6.07, 6.45) is 0.306. The first kappa shape index (κ1) is 12.8. The maximum absolute atomic E-state index is 11.9. The summed E-state index contributed by atoms with van der Waals surface area (Å²) in [6.45, 7) is 0.391. The minimum atomic E-state index is -1.08. The molecule has 5 nitrogen and oxygen atoms in total. The first-order chi connectivity index (χ1) is 8.54. The molecule has 0 bridgehead atoms. The summed E-state index contributed by atoms with van der Waals surface area (Å²) in [4.78, 5) is 24.5. The van der Waals surface area contributed by atoms with Gasteiger partial charge in [0.1, 0.15) is 11.4 Å². The van der Waals surface area contributed by atoms with Crippen LogP contribution in [-0.4, -0.2) is 35.9 Å². The Morgan fingerprint density at radius 1 is 1.56 bits per heavy atom. The van der Waals surface area contributed by atoms with Crippen LogP contribution in [0.25, 0.3) is 0 Å².